The standard InChI is InChI=1S/C11H19N5O2/c1-16(8-4-2-3-5-8)7-6-13-11(17)9-10(12)15-18-14-9/h8H,2-7H2,1H3,(H2,12,15)(H,13,17). The van der Waals surface area contributed by atoms with E-state index in [1.807, 2.05) is 0 Å². The number of carbonyl (C=O) groups is 1. The molecule has 0 unspecified atom stereocenters. The zero-order valence-corrected chi connectivity index (χ0v) is 10.6. The zero-order valence-electron chi connectivity index (χ0n) is 10.6. The second-order valence-electron chi connectivity index (χ2n) is 4.67. The van der Waals surface area contributed by atoms with E-state index in [1.165, 1.54) is 25.7 Å². The van der Waals surface area contributed by atoms with Crippen LogP contribution in [-0.2, 0) is 0 Å². The van der Waals surface area contributed by atoms with Crippen molar-refractivity contribution in [2.75, 3.05) is 25.9 Å². The SMILES string of the molecule is CN(CCNC(=O)c1nonc1N)C1CCCC1. The number of hydrogen-bond donors (Lipinski definition) is 2. The molecular weight excluding hydrogens is 234 g/mol. The monoisotopic (exact) mass is 253 g/mol. The maximum Gasteiger partial charge on any atom is 0.277 e. The van der Waals surface area contributed by atoms with Crippen molar-refractivity contribution in [2.45, 2.75) is 31.7 Å². The highest BCUT2D eigenvalue weighted by atomic mass is 16.6. The predicted octanol–water partition coefficient (Wildman–Crippen LogP) is 0.256. The zero-order chi connectivity index (χ0) is 13.0. The van der Waals surface area contributed by atoms with Gasteiger partial charge in [-0.2, -0.15) is 0 Å². The van der Waals surface area contributed by atoms with Crippen molar-refractivity contribution in [3.05, 3.63) is 5.69 Å². The largest absolute Gasteiger partial charge is 0.379 e. The lowest BCUT2D eigenvalue weighted by Gasteiger charge is -2.23. The molecule has 18 heavy (non-hydrogen) atoms. The van der Waals surface area contributed by atoms with Gasteiger partial charge < -0.3 is 16.0 Å². The Kier molecular flexibility index (Phi) is 4.14. The van der Waals surface area contributed by atoms with Crippen LogP contribution in [-0.4, -0.2) is 47.3 Å². The number of amides is 1. The summed E-state index contributed by atoms with van der Waals surface area (Å²) in [5.41, 5.74) is 5.49. The first kappa shape index (κ1) is 12.8. The number of nitrogens with two attached hydrogens (primary N) is 1. The summed E-state index contributed by atoms with van der Waals surface area (Å²) in [4.78, 5) is 13.9. The Morgan fingerprint density at radius 1 is 1.50 bits per heavy atom. The van der Waals surface area contributed by atoms with Crippen molar-refractivity contribution in [3.63, 3.8) is 0 Å². The molecule has 1 aromatic heterocycles. The average Bonchev–Trinajstić information content (AvgIpc) is 2.99. The van der Waals surface area contributed by atoms with Gasteiger partial charge in [-0.15, -0.1) is 0 Å². The number of aromatic nitrogens is 2. The van der Waals surface area contributed by atoms with Gasteiger partial charge in [0.05, 0.1) is 0 Å². The van der Waals surface area contributed by atoms with Crippen molar-refractivity contribution in [1.82, 2.24) is 20.5 Å². The lowest BCUT2D eigenvalue weighted by Crippen LogP contribution is -2.37. The van der Waals surface area contributed by atoms with Gasteiger partial charge in [-0.3, -0.25) is 4.79 Å². The van der Waals surface area contributed by atoms with E-state index in [0.29, 0.717) is 12.6 Å². The summed E-state index contributed by atoms with van der Waals surface area (Å²) >= 11 is 0. The van der Waals surface area contributed by atoms with Crippen LogP contribution in [0.2, 0.25) is 0 Å². The smallest absolute Gasteiger partial charge is 0.277 e. The van der Waals surface area contributed by atoms with Crippen molar-refractivity contribution < 1.29 is 9.42 Å². The van der Waals surface area contributed by atoms with Crippen molar-refractivity contribution in [3.8, 4) is 0 Å². The molecule has 0 aromatic carbocycles. The van der Waals surface area contributed by atoms with Crippen LogP contribution >= 0.6 is 0 Å². The van der Waals surface area contributed by atoms with E-state index in [2.05, 4.69) is 32.2 Å². The molecule has 0 bridgehead atoms. The Hall–Kier alpha value is -1.63. The molecule has 1 aliphatic rings. The minimum absolute atomic E-state index is 0.0247. The summed E-state index contributed by atoms with van der Waals surface area (Å²) in [7, 11) is 2.09. The van der Waals surface area contributed by atoms with E-state index in [4.69, 9.17) is 5.73 Å². The van der Waals surface area contributed by atoms with E-state index in [0.717, 1.165) is 6.54 Å². The van der Waals surface area contributed by atoms with Crippen molar-refractivity contribution in [2.24, 2.45) is 0 Å². The van der Waals surface area contributed by atoms with Gasteiger partial charge in [0, 0.05) is 19.1 Å². The molecule has 3 N–H and O–H groups in total. The van der Waals surface area contributed by atoms with Crippen molar-refractivity contribution >= 4 is 11.7 Å². The topological polar surface area (TPSA) is 97.3 Å². The number of anilines is 1. The average molecular weight is 253 g/mol. The van der Waals surface area contributed by atoms with Gasteiger partial charge >= 0.3 is 0 Å². The minimum atomic E-state index is -0.339. The number of nitrogen functional groups attached to an aromatic ring is 1. The molecule has 2 rings (SSSR count). The predicted molar refractivity (Wildman–Crippen MR) is 65.9 cm³/mol. The first-order chi connectivity index (χ1) is 8.68. The highest BCUT2D eigenvalue weighted by Gasteiger charge is 2.20. The summed E-state index contributed by atoms with van der Waals surface area (Å²) < 4.78 is 4.38. The van der Waals surface area contributed by atoms with Crippen LogP contribution in [0.3, 0.4) is 0 Å². The molecule has 0 aliphatic heterocycles. The maximum absolute atomic E-state index is 11.7. The van der Waals surface area contributed by atoms with Crippen LogP contribution < -0.4 is 11.1 Å². The van der Waals surface area contributed by atoms with Crippen LogP contribution in [0.15, 0.2) is 4.63 Å². The van der Waals surface area contributed by atoms with Gasteiger partial charge in [0.2, 0.25) is 11.5 Å². The number of nitrogens with zero attached hydrogens (tertiary/aromatic N) is 3. The number of likely N-dealkylation sites (N-methyl/N-ethyl adjacent to an activating group) is 1. The lowest BCUT2D eigenvalue weighted by atomic mass is 10.2. The number of rotatable bonds is 5. The molecule has 1 aromatic rings. The third-order valence-corrected chi connectivity index (χ3v) is 3.43. The quantitative estimate of drug-likeness (QED) is 0.781. The van der Waals surface area contributed by atoms with Crippen LogP contribution in [0.5, 0.6) is 0 Å². The second-order valence-corrected chi connectivity index (χ2v) is 4.67. The fourth-order valence-corrected chi connectivity index (χ4v) is 2.31. The minimum Gasteiger partial charge on any atom is -0.379 e. The molecule has 7 nitrogen and oxygen atoms in total. The lowest BCUT2D eigenvalue weighted by molar-refractivity contribution is 0.0938. The Morgan fingerprint density at radius 3 is 2.83 bits per heavy atom. The highest BCUT2D eigenvalue weighted by Crippen LogP contribution is 2.21. The summed E-state index contributed by atoms with van der Waals surface area (Å²) in [5.74, 6) is -0.315. The van der Waals surface area contributed by atoms with E-state index in [9.17, 15) is 4.79 Å². The maximum atomic E-state index is 11.7. The molecule has 0 atom stereocenters. The number of nitrogens with one attached hydrogen (secondary N) is 1. The summed E-state index contributed by atoms with van der Waals surface area (Å²) in [6.07, 6.45) is 5.13. The highest BCUT2D eigenvalue weighted by molar-refractivity contribution is 5.95. The molecular formula is C11H19N5O2. The Morgan fingerprint density at radius 2 is 2.22 bits per heavy atom. The van der Waals surface area contributed by atoms with Gasteiger partial charge in [-0.25, -0.2) is 4.63 Å². The van der Waals surface area contributed by atoms with E-state index >= 15 is 0 Å². The van der Waals surface area contributed by atoms with E-state index in [1.54, 1.807) is 0 Å². The number of carbonyl (C=O) groups excluding carboxylic acids is 1. The van der Waals surface area contributed by atoms with Gasteiger partial charge in [-0.05, 0) is 30.2 Å². The Bertz CT molecular complexity index is 400. The fourth-order valence-electron chi connectivity index (χ4n) is 2.31. The second kappa shape index (κ2) is 5.81. The fraction of sp³-hybridized carbons (Fsp3) is 0.727. The van der Waals surface area contributed by atoms with Crippen LogP contribution in [0, 0.1) is 0 Å². The molecule has 1 amide bonds. The molecule has 100 valence electrons. The van der Waals surface area contributed by atoms with Crippen molar-refractivity contribution in [1.29, 1.82) is 0 Å². The van der Waals surface area contributed by atoms with E-state index in [-0.39, 0.29) is 17.4 Å². The third kappa shape index (κ3) is 2.98. The molecule has 7 heteroatoms. The first-order valence-electron chi connectivity index (χ1n) is 6.25. The molecule has 0 saturated heterocycles. The van der Waals surface area contributed by atoms with Crippen LogP contribution in [0.4, 0.5) is 5.82 Å². The van der Waals surface area contributed by atoms with Crippen LogP contribution in [0.25, 0.3) is 0 Å². The molecule has 1 saturated carbocycles. The summed E-state index contributed by atoms with van der Waals surface area (Å²) in [6.45, 7) is 1.39. The van der Waals surface area contributed by atoms with Crippen LogP contribution in [0.1, 0.15) is 36.2 Å². The molecule has 0 radical (unpaired) electrons. The summed E-state index contributed by atoms with van der Waals surface area (Å²) in [6, 6.07) is 0.653. The molecule has 1 aliphatic carbocycles. The van der Waals surface area contributed by atoms with Gasteiger partial charge in [0.15, 0.2) is 0 Å². The van der Waals surface area contributed by atoms with Gasteiger partial charge in [0.1, 0.15) is 0 Å². The van der Waals surface area contributed by atoms with E-state index < -0.39 is 0 Å². The summed E-state index contributed by atoms with van der Waals surface area (Å²) in [5, 5.41) is 9.58. The van der Waals surface area contributed by atoms with Gasteiger partial charge in [0.25, 0.3) is 5.91 Å². The first-order valence-corrected chi connectivity index (χ1v) is 6.25. The molecule has 0 spiro atoms. The Labute approximate surface area is 106 Å². The molecule has 1 fully saturated rings. The van der Waals surface area contributed by atoms with Gasteiger partial charge in [-0.1, -0.05) is 12.8 Å². The number of hydrogen-bond acceptors (Lipinski definition) is 6. The normalized spacial score (nSPS) is 16.3. The Balaban J connectivity index is 1.72. The third-order valence-electron chi connectivity index (χ3n) is 3.43. The molecule has 1 heterocycles.